The molecule has 34 heavy (non-hydrogen) atoms. The third-order valence-electron chi connectivity index (χ3n) is 5.97. The van der Waals surface area contributed by atoms with Crippen molar-refractivity contribution in [1.82, 2.24) is 15.0 Å². The third kappa shape index (κ3) is 5.79. The normalized spacial score (nSPS) is 16.9. The van der Waals surface area contributed by atoms with Crippen molar-refractivity contribution in [2.24, 2.45) is 5.92 Å². The average Bonchev–Trinajstić information content (AvgIpc) is 3.26. The van der Waals surface area contributed by atoms with Crippen molar-refractivity contribution in [3.05, 3.63) is 42.1 Å². The second-order valence-corrected chi connectivity index (χ2v) is 10.7. The summed E-state index contributed by atoms with van der Waals surface area (Å²) in [4.78, 5) is 19.7. The van der Waals surface area contributed by atoms with E-state index in [0.29, 0.717) is 24.7 Å². The number of hydrogen-bond donors (Lipinski definition) is 2. The van der Waals surface area contributed by atoms with Gasteiger partial charge in [0, 0.05) is 38.3 Å². The Morgan fingerprint density at radius 2 is 1.79 bits per heavy atom. The number of nitrogens with zero attached hydrogens (tertiary/aromatic N) is 2. The lowest BCUT2D eigenvalue weighted by atomic mass is 10.0. The van der Waals surface area contributed by atoms with Crippen LogP contribution in [0.4, 0.5) is 5.82 Å². The fourth-order valence-corrected chi connectivity index (χ4v) is 5.39. The Morgan fingerprint density at radius 1 is 1.06 bits per heavy atom. The molecule has 0 spiro atoms. The Labute approximate surface area is 200 Å². The Bertz CT molecular complexity index is 1120. The summed E-state index contributed by atoms with van der Waals surface area (Å²) in [5, 5.41) is 2.87. The maximum atomic E-state index is 13.1. The zero-order chi connectivity index (χ0) is 24.1. The van der Waals surface area contributed by atoms with E-state index in [1.165, 1.54) is 12.1 Å². The van der Waals surface area contributed by atoms with Crippen LogP contribution in [0.1, 0.15) is 38.7 Å². The first-order valence-electron chi connectivity index (χ1n) is 11.7. The van der Waals surface area contributed by atoms with E-state index in [4.69, 9.17) is 9.47 Å². The molecular formula is C24H32N4O5S. The molecule has 9 nitrogen and oxygen atoms in total. The number of fused-ring (bicyclic) bond motifs is 1. The highest BCUT2D eigenvalue weighted by Crippen LogP contribution is 2.32. The van der Waals surface area contributed by atoms with Crippen LogP contribution in [0.15, 0.2) is 41.4 Å². The summed E-state index contributed by atoms with van der Waals surface area (Å²) in [5.41, 5.74) is 0.915. The number of pyridine rings is 1. The molecule has 1 atom stereocenters. The van der Waals surface area contributed by atoms with Crippen molar-refractivity contribution in [3.8, 4) is 11.5 Å². The van der Waals surface area contributed by atoms with Gasteiger partial charge in [0.2, 0.25) is 15.9 Å². The van der Waals surface area contributed by atoms with Crippen LogP contribution >= 0.6 is 0 Å². The minimum absolute atomic E-state index is 0.0274. The van der Waals surface area contributed by atoms with Gasteiger partial charge < -0.3 is 19.7 Å². The molecule has 1 amide bonds. The lowest BCUT2D eigenvalue weighted by Crippen LogP contribution is -2.49. The first-order valence-corrected chi connectivity index (χ1v) is 13.2. The molecule has 2 N–H and O–H groups in total. The fourth-order valence-electron chi connectivity index (χ4n) is 4.03. The van der Waals surface area contributed by atoms with Gasteiger partial charge in [-0.3, -0.25) is 4.79 Å². The largest absolute Gasteiger partial charge is 0.490 e. The zero-order valence-electron chi connectivity index (χ0n) is 19.6. The highest BCUT2D eigenvalue weighted by molar-refractivity contribution is 7.89. The van der Waals surface area contributed by atoms with Crippen molar-refractivity contribution >= 4 is 21.7 Å². The maximum absolute atomic E-state index is 13.1. The van der Waals surface area contributed by atoms with Gasteiger partial charge in [-0.25, -0.2) is 13.4 Å². The number of sulfonamides is 1. The third-order valence-corrected chi connectivity index (χ3v) is 7.41. The van der Waals surface area contributed by atoms with Crippen molar-refractivity contribution in [1.29, 1.82) is 0 Å². The molecular weight excluding hydrogens is 456 g/mol. The molecule has 0 bridgehead atoms. The smallest absolute Gasteiger partial charge is 0.241 e. The van der Waals surface area contributed by atoms with Crippen LogP contribution in [0.25, 0.3) is 0 Å². The molecule has 4 rings (SSSR count). The molecule has 1 saturated heterocycles. The number of benzene rings is 1. The Morgan fingerprint density at radius 3 is 2.53 bits per heavy atom. The summed E-state index contributed by atoms with van der Waals surface area (Å²) in [7, 11) is -3.96. The molecule has 1 aromatic carbocycles. The topological polar surface area (TPSA) is 110 Å². The van der Waals surface area contributed by atoms with Crippen LogP contribution in [0.5, 0.6) is 11.5 Å². The molecule has 0 saturated carbocycles. The molecule has 184 valence electrons. The number of hydrogen-bond acceptors (Lipinski definition) is 7. The van der Waals surface area contributed by atoms with E-state index in [2.05, 4.69) is 19.9 Å². The maximum Gasteiger partial charge on any atom is 0.241 e. The molecule has 1 fully saturated rings. The summed E-state index contributed by atoms with van der Waals surface area (Å²) in [6.45, 7) is 6.84. The van der Waals surface area contributed by atoms with Gasteiger partial charge in [0.05, 0.1) is 18.1 Å². The summed E-state index contributed by atoms with van der Waals surface area (Å²) in [6, 6.07) is 7.38. The quantitative estimate of drug-likeness (QED) is 0.587. The van der Waals surface area contributed by atoms with E-state index in [1.54, 1.807) is 26.1 Å². The van der Waals surface area contributed by atoms with E-state index in [0.717, 1.165) is 43.7 Å². The Kier molecular flexibility index (Phi) is 7.57. The van der Waals surface area contributed by atoms with Gasteiger partial charge >= 0.3 is 0 Å². The van der Waals surface area contributed by atoms with Crippen LogP contribution in [-0.2, 0) is 21.4 Å². The summed E-state index contributed by atoms with van der Waals surface area (Å²) in [5.74, 6) is 1.16. The van der Waals surface area contributed by atoms with Gasteiger partial charge in [-0.05, 0) is 48.6 Å². The molecule has 2 aromatic rings. The number of amides is 1. The number of nitrogens with one attached hydrogen (secondary N) is 2. The minimum Gasteiger partial charge on any atom is -0.490 e. The standard InChI is InChI=1S/C24H32N4O5S/c1-17(2)23(24(29)26-16-18-8-9-25-22(14-18)28-10-3-4-11-28)27-34(30,31)19-6-7-20-21(15-19)33-13-5-12-32-20/h6-9,14-15,17,23,27H,3-5,10-13,16H2,1-2H3,(H,26,29). The second-order valence-electron chi connectivity index (χ2n) is 8.94. The molecule has 10 heteroatoms. The van der Waals surface area contributed by atoms with Gasteiger partial charge in [-0.2, -0.15) is 4.72 Å². The number of carbonyl (C=O) groups excluding carboxylic acids is 1. The van der Waals surface area contributed by atoms with Crippen LogP contribution in [-0.4, -0.2) is 51.7 Å². The zero-order valence-corrected chi connectivity index (χ0v) is 20.4. The monoisotopic (exact) mass is 488 g/mol. The van der Waals surface area contributed by atoms with E-state index in [1.807, 2.05) is 12.1 Å². The lowest BCUT2D eigenvalue weighted by Gasteiger charge is -2.22. The van der Waals surface area contributed by atoms with E-state index < -0.39 is 16.1 Å². The summed E-state index contributed by atoms with van der Waals surface area (Å²) in [6.07, 6.45) is 4.77. The molecule has 2 aliphatic rings. The Balaban J connectivity index is 1.43. The molecule has 1 unspecified atom stereocenters. The van der Waals surface area contributed by atoms with Crippen molar-refractivity contribution in [3.63, 3.8) is 0 Å². The van der Waals surface area contributed by atoms with Crippen LogP contribution < -0.4 is 24.4 Å². The van der Waals surface area contributed by atoms with E-state index in [9.17, 15) is 13.2 Å². The van der Waals surface area contributed by atoms with Gasteiger partial charge in [-0.15, -0.1) is 0 Å². The van der Waals surface area contributed by atoms with E-state index in [-0.39, 0.29) is 23.3 Å². The van der Waals surface area contributed by atoms with Crippen molar-refractivity contribution < 1.29 is 22.7 Å². The SMILES string of the molecule is CC(C)C(NS(=O)(=O)c1ccc2c(c1)OCCCO2)C(=O)NCc1ccnc(N2CCCC2)c1. The highest BCUT2D eigenvalue weighted by Gasteiger charge is 2.29. The minimum atomic E-state index is -3.96. The van der Waals surface area contributed by atoms with Gasteiger partial charge in [0.1, 0.15) is 11.9 Å². The average molecular weight is 489 g/mol. The molecule has 2 aliphatic heterocycles. The summed E-state index contributed by atoms with van der Waals surface area (Å²) >= 11 is 0. The fraction of sp³-hybridized carbons (Fsp3) is 0.500. The first kappa shape index (κ1) is 24.3. The van der Waals surface area contributed by atoms with E-state index >= 15 is 0 Å². The van der Waals surface area contributed by atoms with Crippen molar-refractivity contribution in [2.75, 3.05) is 31.2 Å². The Hall–Kier alpha value is -2.85. The first-order chi connectivity index (χ1) is 16.3. The molecule has 1 aromatic heterocycles. The second kappa shape index (κ2) is 10.6. The number of aromatic nitrogens is 1. The number of ether oxygens (including phenoxy) is 2. The number of anilines is 1. The molecule has 3 heterocycles. The van der Waals surface area contributed by atoms with Gasteiger partial charge in [0.15, 0.2) is 11.5 Å². The number of rotatable bonds is 8. The molecule has 0 aliphatic carbocycles. The van der Waals surface area contributed by atoms with Crippen LogP contribution in [0.3, 0.4) is 0 Å². The van der Waals surface area contributed by atoms with Gasteiger partial charge in [0.25, 0.3) is 0 Å². The van der Waals surface area contributed by atoms with Crippen LogP contribution in [0.2, 0.25) is 0 Å². The lowest BCUT2D eigenvalue weighted by molar-refractivity contribution is -0.123. The predicted molar refractivity (Wildman–Crippen MR) is 129 cm³/mol. The predicted octanol–water partition coefficient (Wildman–Crippen LogP) is 2.46. The number of carbonyl (C=O) groups is 1. The highest BCUT2D eigenvalue weighted by atomic mass is 32.2. The molecule has 0 radical (unpaired) electrons. The van der Waals surface area contributed by atoms with Gasteiger partial charge in [-0.1, -0.05) is 13.8 Å². The van der Waals surface area contributed by atoms with Crippen molar-refractivity contribution in [2.45, 2.75) is 50.6 Å². The van der Waals surface area contributed by atoms with Crippen LogP contribution in [0, 0.1) is 5.92 Å². The summed E-state index contributed by atoms with van der Waals surface area (Å²) < 4.78 is 39.9.